The van der Waals surface area contributed by atoms with E-state index in [0.29, 0.717) is 18.5 Å². The second-order valence-electron chi connectivity index (χ2n) is 4.94. The lowest BCUT2D eigenvalue weighted by atomic mass is 10.0. The summed E-state index contributed by atoms with van der Waals surface area (Å²) in [6.45, 7) is 2.67. The Kier molecular flexibility index (Phi) is 4.76. The van der Waals surface area contributed by atoms with Crippen LogP contribution in [0.1, 0.15) is 24.5 Å². The van der Waals surface area contributed by atoms with Crippen LogP contribution in [0.5, 0.6) is 5.75 Å². The number of phenolic OH excluding ortho intramolecular Hbond substituents is 1. The Morgan fingerprint density at radius 1 is 1.26 bits per heavy atom. The number of nitrogens with one attached hydrogen (secondary N) is 1. The van der Waals surface area contributed by atoms with Crippen LogP contribution in [-0.4, -0.2) is 47.2 Å². The number of aromatic hydroxyl groups is 1. The molecule has 1 saturated heterocycles. The lowest BCUT2D eigenvalue weighted by Gasteiger charge is -2.27. The third-order valence-corrected chi connectivity index (χ3v) is 3.55. The molecule has 1 fully saturated rings. The summed E-state index contributed by atoms with van der Waals surface area (Å²) in [4.78, 5) is 12.9. The van der Waals surface area contributed by atoms with Gasteiger partial charge >= 0.3 is 0 Å². The summed E-state index contributed by atoms with van der Waals surface area (Å²) in [7, 11) is 0. The van der Waals surface area contributed by atoms with E-state index < -0.39 is 6.10 Å². The van der Waals surface area contributed by atoms with Gasteiger partial charge in [-0.3, -0.25) is 4.79 Å². The predicted octanol–water partition coefficient (Wildman–Crippen LogP) is 0.636. The Hall–Kier alpha value is -1.59. The molecular formula is C14H20N2O3. The lowest BCUT2D eigenvalue weighted by Crippen LogP contribution is -2.43. The monoisotopic (exact) mass is 264 g/mol. The number of carbonyl (C=O) groups excluding carboxylic acids is 1. The molecule has 3 N–H and O–H groups in total. The first-order valence-electron chi connectivity index (χ1n) is 6.60. The Morgan fingerprint density at radius 3 is 2.47 bits per heavy atom. The lowest BCUT2D eigenvalue weighted by molar-refractivity contribution is -0.111. The number of aliphatic hydroxyl groups is 1. The molecule has 0 bridgehead atoms. The molecule has 1 heterocycles. The van der Waals surface area contributed by atoms with Crippen molar-refractivity contribution >= 4 is 6.41 Å². The maximum atomic E-state index is 10.7. The molecule has 0 radical (unpaired) electrons. The normalized spacial score (nSPS) is 19.0. The zero-order valence-electron chi connectivity index (χ0n) is 10.8. The highest BCUT2D eigenvalue weighted by atomic mass is 16.3. The smallest absolute Gasteiger partial charge is 0.207 e. The van der Waals surface area contributed by atoms with E-state index in [4.69, 9.17) is 0 Å². The van der Waals surface area contributed by atoms with Crippen LogP contribution < -0.4 is 5.32 Å². The average molecular weight is 264 g/mol. The van der Waals surface area contributed by atoms with Crippen LogP contribution in [0.2, 0.25) is 0 Å². The number of carbonyl (C=O) groups is 1. The number of rotatable bonds is 6. The third kappa shape index (κ3) is 3.68. The molecule has 1 aliphatic heterocycles. The van der Waals surface area contributed by atoms with Crippen LogP contribution in [0.3, 0.4) is 0 Å². The number of benzene rings is 1. The summed E-state index contributed by atoms with van der Waals surface area (Å²) in [5.74, 6) is 0.162. The first-order chi connectivity index (χ1) is 9.20. The van der Waals surface area contributed by atoms with Crippen molar-refractivity contribution in [2.45, 2.75) is 25.0 Å². The van der Waals surface area contributed by atoms with E-state index in [2.05, 4.69) is 10.2 Å². The Morgan fingerprint density at radius 2 is 1.89 bits per heavy atom. The van der Waals surface area contributed by atoms with E-state index >= 15 is 0 Å². The molecule has 0 unspecified atom stereocenters. The van der Waals surface area contributed by atoms with Gasteiger partial charge in [0.2, 0.25) is 6.41 Å². The van der Waals surface area contributed by atoms with Gasteiger partial charge in [0.25, 0.3) is 0 Å². The third-order valence-electron chi connectivity index (χ3n) is 3.55. The summed E-state index contributed by atoms with van der Waals surface area (Å²) < 4.78 is 0. The van der Waals surface area contributed by atoms with E-state index in [1.807, 2.05) is 0 Å². The van der Waals surface area contributed by atoms with Crippen LogP contribution >= 0.6 is 0 Å². The molecule has 19 heavy (non-hydrogen) atoms. The van der Waals surface area contributed by atoms with Crippen molar-refractivity contribution in [2.75, 3.05) is 19.6 Å². The molecule has 1 aliphatic rings. The minimum atomic E-state index is -0.772. The van der Waals surface area contributed by atoms with E-state index in [9.17, 15) is 15.0 Å². The fourth-order valence-electron chi connectivity index (χ4n) is 2.48. The number of amides is 1. The number of hydrogen-bond donors (Lipinski definition) is 3. The maximum Gasteiger partial charge on any atom is 0.207 e. The molecule has 0 spiro atoms. The molecule has 5 nitrogen and oxygen atoms in total. The highest BCUT2D eigenvalue weighted by molar-refractivity contribution is 5.47. The minimum Gasteiger partial charge on any atom is -0.508 e. The van der Waals surface area contributed by atoms with Gasteiger partial charge in [-0.25, -0.2) is 0 Å². The van der Waals surface area contributed by atoms with E-state index in [1.165, 1.54) is 25.0 Å². The first kappa shape index (κ1) is 13.8. The van der Waals surface area contributed by atoms with Crippen molar-refractivity contribution < 1.29 is 15.0 Å². The zero-order valence-corrected chi connectivity index (χ0v) is 10.8. The van der Waals surface area contributed by atoms with Crippen molar-refractivity contribution in [3.05, 3.63) is 29.8 Å². The van der Waals surface area contributed by atoms with E-state index in [1.54, 1.807) is 12.1 Å². The first-order valence-corrected chi connectivity index (χ1v) is 6.60. The molecule has 0 aromatic heterocycles. The molecule has 2 atom stereocenters. The van der Waals surface area contributed by atoms with Gasteiger partial charge in [-0.15, -0.1) is 0 Å². The van der Waals surface area contributed by atoms with Crippen molar-refractivity contribution in [3.63, 3.8) is 0 Å². The molecule has 0 aliphatic carbocycles. The molecule has 0 saturated carbocycles. The topological polar surface area (TPSA) is 72.8 Å². The number of phenols is 1. The van der Waals surface area contributed by atoms with E-state index in [-0.39, 0.29) is 11.8 Å². The SMILES string of the molecule is O=CN[C@H](CN1CCCC1)[C@H](O)c1ccc(O)cc1. The summed E-state index contributed by atoms with van der Waals surface area (Å²) >= 11 is 0. The molecule has 104 valence electrons. The molecule has 1 aromatic carbocycles. The van der Waals surface area contributed by atoms with Gasteiger partial charge in [-0.1, -0.05) is 12.1 Å². The average Bonchev–Trinajstić information content (AvgIpc) is 2.91. The van der Waals surface area contributed by atoms with Crippen LogP contribution in [0.4, 0.5) is 0 Å². The standard InChI is InChI=1S/C14H20N2O3/c17-10-15-13(9-16-7-1-2-8-16)14(19)11-3-5-12(18)6-4-11/h3-6,10,13-14,18-19H,1-2,7-9H2,(H,15,17)/t13-,14-/m1/s1. The molecular weight excluding hydrogens is 244 g/mol. The molecule has 5 heteroatoms. The van der Waals surface area contributed by atoms with Crippen LogP contribution in [0.15, 0.2) is 24.3 Å². The van der Waals surface area contributed by atoms with Gasteiger partial charge < -0.3 is 20.4 Å². The van der Waals surface area contributed by atoms with Crippen molar-refractivity contribution in [2.24, 2.45) is 0 Å². The Bertz CT molecular complexity index is 402. The second kappa shape index (κ2) is 6.54. The van der Waals surface area contributed by atoms with Gasteiger partial charge in [0.15, 0.2) is 0 Å². The summed E-state index contributed by atoms with van der Waals surface area (Å²) in [6, 6.07) is 6.08. The number of hydrogen-bond acceptors (Lipinski definition) is 4. The van der Waals surface area contributed by atoms with E-state index in [0.717, 1.165) is 13.1 Å². The van der Waals surface area contributed by atoms with Crippen LogP contribution in [0.25, 0.3) is 0 Å². The Labute approximate surface area is 112 Å². The van der Waals surface area contributed by atoms with Gasteiger partial charge in [-0.2, -0.15) is 0 Å². The highest BCUT2D eigenvalue weighted by Crippen LogP contribution is 2.21. The number of nitrogens with zero attached hydrogens (tertiary/aromatic N) is 1. The predicted molar refractivity (Wildman–Crippen MR) is 71.7 cm³/mol. The fourth-order valence-corrected chi connectivity index (χ4v) is 2.48. The molecule has 2 rings (SSSR count). The van der Waals surface area contributed by atoms with Gasteiger partial charge in [0.1, 0.15) is 11.9 Å². The maximum absolute atomic E-state index is 10.7. The van der Waals surface area contributed by atoms with Gasteiger partial charge in [-0.05, 0) is 43.6 Å². The van der Waals surface area contributed by atoms with Crippen LogP contribution in [-0.2, 0) is 4.79 Å². The molecule has 1 amide bonds. The van der Waals surface area contributed by atoms with Crippen molar-refractivity contribution in [1.82, 2.24) is 10.2 Å². The van der Waals surface area contributed by atoms with Crippen molar-refractivity contribution in [3.8, 4) is 5.75 Å². The van der Waals surface area contributed by atoms with Gasteiger partial charge in [0.05, 0.1) is 6.04 Å². The summed E-state index contributed by atoms with van der Waals surface area (Å²) in [5.41, 5.74) is 0.691. The molecule has 1 aromatic rings. The summed E-state index contributed by atoms with van der Waals surface area (Å²) in [5, 5.41) is 22.3. The largest absolute Gasteiger partial charge is 0.508 e. The second-order valence-corrected chi connectivity index (χ2v) is 4.94. The van der Waals surface area contributed by atoms with Crippen LogP contribution in [0, 0.1) is 0 Å². The van der Waals surface area contributed by atoms with Crippen molar-refractivity contribution in [1.29, 1.82) is 0 Å². The zero-order chi connectivity index (χ0) is 13.7. The summed E-state index contributed by atoms with van der Waals surface area (Å²) in [6.07, 6.45) is 2.20. The minimum absolute atomic E-state index is 0.162. The van der Waals surface area contributed by atoms with Gasteiger partial charge in [0, 0.05) is 6.54 Å². The number of likely N-dealkylation sites (tertiary alicyclic amines) is 1. The Balaban J connectivity index is 2.03. The number of aliphatic hydroxyl groups excluding tert-OH is 1. The quantitative estimate of drug-likeness (QED) is 0.659. The fraction of sp³-hybridized carbons (Fsp3) is 0.500. The highest BCUT2D eigenvalue weighted by Gasteiger charge is 2.24.